The highest BCUT2D eigenvalue weighted by atomic mass is 16.6. The van der Waals surface area contributed by atoms with Gasteiger partial charge in [0.2, 0.25) is 0 Å². The Morgan fingerprint density at radius 3 is 1.88 bits per heavy atom. The highest BCUT2D eigenvalue weighted by Crippen LogP contribution is 2.30. The largest absolute Gasteiger partial charge is 0.459 e. The molecule has 0 aliphatic rings. The Bertz CT molecular complexity index is 249. The monoisotopic (exact) mass is 230 g/mol. The Balaban J connectivity index is 4.64. The third-order valence-corrected chi connectivity index (χ3v) is 3.35. The molecule has 0 N–H and O–H groups in total. The molecule has 0 bridgehead atoms. The van der Waals surface area contributed by atoms with Crippen molar-refractivity contribution in [3.8, 4) is 0 Å². The zero-order valence-corrected chi connectivity index (χ0v) is 12.2. The normalized spacial score (nSPS) is 13.8. The predicted octanol–water partition coefficient (Wildman–Crippen LogP) is 2.59. The number of carbonyl (C=O) groups excluding carboxylic acids is 1. The van der Waals surface area contributed by atoms with Crippen molar-refractivity contribution in [1.82, 2.24) is 0 Å². The average Bonchev–Trinajstić information content (AvgIpc) is 1.98. The number of hydrogen-bond acceptors (Lipinski definition) is 2. The first kappa shape index (κ1) is 15.4. The lowest BCUT2D eigenvalue weighted by Crippen LogP contribution is -2.56. The Kier molecular flexibility index (Phi) is 4.57. The molecule has 0 aromatic heterocycles. The van der Waals surface area contributed by atoms with Gasteiger partial charge in [-0.15, -0.1) is 0 Å². The second-order valence-corrected chi connectivity index (χ2v) is 6.59. The molecule has 3 heteroatoms. The summed E-state index contributed by atoms with van der Waals surface area (Å²) in [5.74, 6) is -0.123. The van der Waals surface area contributed by atoms with Crippen molar-refractivity contribution in [2.75, 3.05) is 21.1 Å². The lowest BCUT2D eigenvalue weighted by molar-refractivity contribution is -0.920. The van der Waals surface area contributed by atoms with E-state index < -0.39 is 5.60 Å². The Morgan fingerprint density at radius 1 is 1.12 bits per heavy atom. The van der Waals surface area contributed by atoms with Gasteiger partial charge in [-0.25, -0.2) is 0 Å². The van der Waals surface area contributed by atoms with Crippen LogP contribution in [0, 0.1) is 0 Å². The number of quaternary nitrogens is 1. The van der Waals surface area contributed by atoms with Crippen LogP contribution in [-0.2, 0) is 9.53 Å². The molecule has 3 nitrogen and oxygen atoms in total. The number of nitrogens with zero attached hydrogens (tertiary/aromatic N) is 1. The standard InChI is InChI=1S/C13H28NO2/c1-9-11(15)16-13(4,5)10-12(2,3)14(6,7)8/h9-10H2,1-8H3/q+1. The van der Waals surface area contributed by atoms with Crippen LogP contribution in [0.4, 0.5) is 0 Å². The number of carbonyl (C=O) groups is 1. The van der Waals surface area contributed by atoms with Gasteiger partial charge in [0.15, 0.2) is 0 Å². The van der Waals surface area contributed by atoms with Gasteiger partial charge in [0.05, 0.1) is 26.7 Å². The Labute approximate surface area is 100 Å². The van der Waals surface area contributed by atoms with E-state index in [-0.39, 0.29) is 11.5 Å². The second kappa shape index (κ2) is 4.74. The van der Waals surface area contributed by atoms with Crippen molar-refractivity contribution >= 4 is 5.97 Å². The number of ether oxygens (including phenoxy) is 1. The predicted molar refractivity (Wildman–Crippen MR) is 67.2 cm³/mol. The molecule has 0 fully saturated rings. The topological polar surface area (TPSA) is 26.3 Å². The van der Waals surface area contributed by atoms with Crippen LogP contribution in [0.3, 0.4) is 0 Å². The van der Waals surface area contributed by atoms with Crippen LogP contribution in [0.5, 0.6) is 0 Å². The van der Waals surface area contributed by atoms with Crippen LogP contribution in [0.1, 0.15) is 47.5 Å². The first-order valence-electron chi connectivity index (χ1n) is 5.95. The molecule has 96 valence electrons. The van der Waals surface area contributed by atoms with E-state index in [0.29, 0.717) is 6.42 Å². The molecular weight excluding hydrogens is 202 g/mol. The van der Waals surface area contributed by atoms with Crippen LogP contribution in [0.25, 0.3) is 0 Å². The zero-order valence-electron chi connectivity index (χ0n) is 12.2. The summed E-state index contributed by atoms with van der Waals surface area (Å²) in [6, 6.07) is 0. The molecule has 0 aromatic rings. The van der Waals surface area contributed by atoms with Gasteiger partial charge < -0.3 is 9.22 Å². The lowest BCUT2D eigenvalue weighted by Gasteiger charge is -2.45. The van der Waals surface area contributed by atoms with Gasteiger partial charge in [-0.1, -0.05) is 6.92 Å². The molecule has 0 aliphatic heterocycles. The van der Waals surface area contributed by atoms with E-state index in [1.807, 2.05) is 20.8 Å². The summed E-state index contributed by atoms with van der Waals surface area (Å²) in [5, 5.41) is 0. The van der Waals surface area contributed by atoms with E-state index in [4.69, 9.17) is 4.74 Å². The highest BCUT2D eigenvalue weighted by Gasteiger charge is 2.40. The van der Waals surface area contributed by atoms with Gasteiger partial charge in [0.25, 0.3) is 0 Å². The van der Waals surface area contributed by atoms with Crippen LogP contribution in [0.15, 0.2) is 0 Å². The Hall–Kier alpha value is -0.570. The van der Waals surface area contributed by atoms with Crippen molar-refractivity contribution in [2.45, 2.75) is 58.6 Å². The number of esters is 1. The van der Waals surface area contributed by atoms with E-state index in [9.17, 15) is 4.79 Å². The van der Waals surface area contributed by atoms with Crippen LogP contribution >= 0.6 is 0 Å². The third kappa shape index (κ3) is 4.52. The summed E-state index contributed by atoms with van der Waals surface area (Å²) in [5.41, 5.74) is -0.334. The molecule has 0 spiro atoms. The summed E-state index contributed by atoms with van der Waals surface area (Å²) >= 11 is 0. The van der Waals surface area contributed by atoms with Gasteiger partial charge >= 0.3 is 5.97 Å². The molecule has 0 atom stereocenters. The molecule has 0 rings (SSSR count). The van der Waals surface area contributed by atoms with Crippen LogP contribution < -0.4 is 0 Å². The van der Waals surface area contributed by atoms with Crippen molar-refractivity contribution in [1.29, 1.82) is 0 Å². The zero-order chi connectivity index (χ0) is 13.2. The van der Waals surface area contributed by atoms with Crippen molar-refractivity contribution < 1.29 is 14.0 Å². The van der Waals surface area contributed by atoms with E-state index in [2.05, 4.69) is 35.0 Å². The molecule has 0 radical (unpaired) electrons. The quantitative estimate of drug-likeness (QED) is 0.536. The minimum Gasteiger partial charge on any atom is -0.459 e. The summed E-state index contributed by atoms with van der Waals surface area (Å²) in [7, 11) is 6.49. The average molecular weight is 230 g/mol. The molecule has 0 unspecified atom stereocenters. The summed E-state index contributed by atoms with van der Waals surface area (Å²) in [4.78, 5) is 11.3. The molecule has 0 amide bonds. The van der Waals surface area contributed by atoms with Gasteiger partial charge in [-0.05, 0) is 27.7 Å². The lowest BCUT2D eigenvalue weighted by atomic mass is 9.87. The molecule has 16 heavy (non-hydrogen) atoms. The van der Waals surface area contributed by atoms with Gasteiger partial charge in [-0.3, -0.25) is 4.79 Å². The summed E-state index contributed by atoms with van der Waals surface area (Å²) in [6.07, 6.45) is 1.28. The maximum Gasteiger partial charge on any atom is 0.306 e. The minimum absolute atomic E-state index is 0.0670. The van der Waals surface area contributed by atoms with E-state index in [1.54, 1.807) is 0 Å². The summed E-state index contributed by atoms with van der Waals surface area (Å²) in [6.45, 7) is 10.2. The highest BCUT2D eigenvalue weighted by molar-refractivity contribution is 5.69. The first-order valence-corrected chi connectivity index (χ1v) is 5.95. The van der Waals surface area contributed by atoms with Crippen molar-refractivity contribution in [3.63, 3.8) is 0 Å². The van der Waals surface area contributed by atoms with E-state index >= 15 is 0 Å². The van der Waals surface area contributed by atoms with E-state index in [0.717, 1.165) is 10.9 Å². The maximum atomic E-state index is 11.3. The molecule has 0 aromatic carbocycles. The molecule has 0 heterocycles. The van der Waals surface area contributed by atoms with Gasteiger partial charge in [0, 0.05) is 12.8 Å². The van der Waals surface area contributed by atoms with Crippen LogP contribution in [0.2, 0.25) is 0 Å². The van der Waals surface area contributed by atoms with Crippen molar-refractivity contribution in [2.24, 2.45) is 0 Å². The minimum atomic E-state index is -0.401. The maximum absolute atomic E-state index is 11.3. The van der Waals surface area contributed by atoms with E-state index in [1.165, 1.54) is 0 Å². The fraction of sp³-hybridized carbons (Fsp3) is 0.923. The molecule has 0 aliphatic carbocycles. The molecular formula is C13H28NO2+. The van der Waals surface area contributed by atoms with Crippen molar-refractivity contribution in [3.05, 3.63) is 0 Å². The number of rotatable bonds is 5. The Morgan fingerprint density at radius 2 is 1.56 bits per heavy atom. The van der Waals surface area contributed by atoms with Gasteiger partial charge in [0.1, 0.15) is 5.60 Å². The fourth-order valence-corrected chi connectivity index (χ4v) is 1.70. The first-order chi connectivity index (χ1) is 6.91. The molecule has 0 saturated carbocycles. The number of hydrogen-bond donors (Lipinski definition) is 0. The fourth-order valence-electron chi connectivity index (χ4n) is 1.70. The van der Waals surface area contributed by atoms with Gasteiger partial charge in [-0.2, -0.15) is 0 Å². The molecule has 0 saturated heterocycles. The SMILES string of the molecule is CCC(=O)OC(C)(C)CC(C)(C)[N+](C)(C)C. The van der Waals surface area contributed by atoms with Crippen LogP contribution in [-0.4, -0.2) is 42.7 Å². The summed E-state index contributed by atoms with van der Waals surface area (Å²) < 4.78 is 6.32. The smallest absolute Gasteiger partial charge is 0.306 e. The second-order valence-electron chi connectivity index (χ2n) is 6.59. The third-order valence-electron chi connectivity index (χ3n) is 3.35.